The van der Waals surface area contributed by atoms with Crippen LogP contribution >= 0.6 is 0 Å². The van der Waals surface area contributed by atoms with Crippen molar-refractivity contribution in [3.8, 4) is 0 Å². The molecule has 1 N–H and O–H groups in total. The number of aromatic nitrogens is 2. The number of fused-ring (bicyclic) bond motifs is 1. The topological polar surface area (TPSA) is 81.1 Å². The summed E-state index contributed by atoms with van der Waals surface area (Å²) < 4.78 is 25.7. The van der Waals surface area contributed by atoms with Crippen molar-refractivity contribution >= 4 is 26.8 Å². The van der Waals surface area contributed by atoms with Gasteiger partial charge < -0.3 is 9.88 Å². The summed E-state index contributed by atoms with van der Waals surface area (Å²) in [6.07, 6.45) is 1.10. The molecule has 7 heteroatoms. The average Bonchev–Trinajstić information content (AvgIpc) is 2.90. The first-order valence-electron chi connectivity index (χ1n) is 7.87. The second kappa shape index (κ2) is 6.68. The van der Waals surface area contributed by atoms with E-state index < -0.39 is 15.7 Å². The predicted molar refractivity (Wildman–Crippen MR) is 96.4 cm³/mol. The molecule has 0 radical (unpaired) electrons. The van der Waals surface area contributed by atoms with Crippen LogP contribution in [0.15, 0.2) is 53.4 Å². The molecule has 0 spiro atoms. The second-order valence-electron chi connectivity index (χ2n) is 5.82. The van der Waals surface area contributed by atoms with E-state index in [1.807, 2.05) is 35.8 Å². The van der Waals surface area contributed by atoms with Crippen LogP contribution in [0, 0.1) is 6.92 Å². The van der Waals surface area contributed by atoms with Crippen LogP contribution in [0.1, 0.15) is 16.2 Å². The monoisotopic (exact) mass is 357 g/mol. The molecule has 0 aliphatic heterocycles. The Morgan fingerprint density at radius 1 is 1.12 bits per heavy atom. The Morgan fingerprint density at radius 2 is 1.80 bits per heavy atom. The minimum Gasteiger partial charge on any atom is -0.350 e. The number of para-hydroxylation sites is 2. The molecule has 130 valence electrons. The van der Waals surface area contributed by atoms with Crippen molar-refractivity contribution in [3.63, 3.8) is 0 Å². The molecule has 6 nitrogen and oxygen atoms in total. The Labute approximate surface area is 146 Å². The summed E-state index contributed by atoms with van der Waals surface area (Å²) in [5, 5.41) is 2.79. The number of sulfone groups is 1. The zero-order valence-electron chi connectivity index (χ0n) is 14.1. The number of nitrogens with one attached hydrogen (secondary N) is 1. The van der Waals surface area contributed by atoms with Gasteiger partial charge in [0.05, 0.1) is 21.5 Å². The zero-order chi connectivity index (χ0) is 18.0. The standard InChI is InChI=1S/C18H19N3O3S/c1-13-20-15-8-4-5-9-16(15)21(13)12-11-19-18(22)14-7-3-6-10-17(14)25(2,23)24/h3-10H,11-12H2,1-2H3,(H,19,22). The van der Waals surface area contributed by atoms with Crippen molar-refractivity contribution < 1.29 is 13.2 Å². The van der Waals surface area contributed by atoms with Crippen LogP contribution in [-0.4, -0.2) is 36.7 Å². The van der Waals surface area contributed by atoms with E-state index >= 15 is 0 Å². The molecule has 0 unspecified atom stereocenters. The molecule has 0 bridgehead atoms. The molecular formula is C18H19N3O3S. The van der Waals surface area contributed by atoms with E-state index in [2.05, 4.69) is 10.3 Å². The van der Waals surface area contributed by atoms with Gasteiger partial charge in [0, 0.05) is 19.3 Å². The first kappa shape index (κ1) is 17.2. The Bertz CT molecular complexity index is 1040. The fraction of sp³-hybridized carbons (Fsp3) is 0.222. The number of amides is 1. The largest absolute Gasteiger partial charge is 0.350 e. The molecule has 0 saturated heterocycles. The lowest BCUT2D eigenvalue weighted by Gasteiger charge is -2.10. The maximum absolute atomic E-state index is 12.4. The maximum atomic E-state index is 12.4. The van der Waals surface area contributed by atoms with E-state index in [-0.39, 0.29) is 10.5 Å². The lowest BCUT2D eigenvalue weighted by molar-refractivity contribution is 0.0949. The van der Waals surface area contributed by atoms with Crippen molar-refractivity contribution in [2.45, 2.75) is 18.4 Å². The smallest absolute Gasteiger partial charge is 0.252 e. The van der Waals surface area contributed by atoms with Gasteiger partial charge in [-0.1, -0.05) is 24.3 Å². The molecule has 0 saturated carbocycles. The Balaban J connectivity index is 1.75. The summed E-state index contributed by atoms with van der Waals surface area (Å²) >= 11 is 0. The number of imidazole rings is 1. The van der Waals surface area contributed by atoms with E-state index in [0.29, 0.717) is 13.1 Å². The lowest BCUT2D eigenvalue weighted by atomic mass is 10.2. The van der Waals surface area contributed by atoms with Crippen LogP contribution in [0.4, 0.5) is 0 Å². The number of carbonyl (C=O) groups is 1. The molecule has 1 aromatic heterocycles. The van der Waals surface area contributed by atoms with Crippen LogP contribution in [-0.2, 0) is 16.4 Å². The van der Waals surface area contributed by atoms with Gasteiger partial charge in [0.15, 0.2) is 9.84 Å². The van der Waals surface area contributed by atoms with E-state index in [9.17, 15) is 13.2 Å². The number of hydrogen-bond donors (Lipinski definition) is 1. The number of rotatable bonds is 5. The third kappa shape index (κ3) is 3.56. The van der Waals surface area contributed by atoms with Crippen molar-refractivity contribution in [2.24, 2.45) is 0 Å². The molecule has 2 aromatic carbocycles. The van der Waals surface area contributed by atoms with Gasteiger partial charge in [-0.3, -0.25) is 4.79 Å². The van der Waals surface area contributed by atoms with Gasteiger partial charge >= 0.3 is 0 Å². The van der Waals surface area contributed by atoms with Gasteiger partial charge in [-0.2, -0.15) is 0 Å². The van der Waals surface area contributed by atoms with Gasteiger partial charge in [0.1, 0.15) is 5.82 Å². The molecule has 3 rings (SSSR count). The summed E-state index contributed by atoms with van der Waals surface area (Å²) in [6.45, 7) is 2.85. The average molecular weight is 357 g/mol. The highest BCUT2D eigenvalue weighted by Gasteiger charge is 2.17. The highest BCUT2D eigenvalue weighted by Crippen LogP contribution is 2.16. The normalized spacial score (nSPS) is 11.6. The van der Waals surface area contributed by atoms with Gasteiger partial charge in [-0.15, -0.1) is 0 Å². The number of benzene rings is 2. The van der Waals surface area contributed by atoms with Crippen LogP contribution in [0.5, 0.6) is 0 Å². The third-order valence-corrected chi connectivity index (χ3v) is 5.15. The Morgan fingerprint density at radius 3 is 2.56 bits per heavy atom. The van der Waals surface area contributed by atoms with Gasteiger partial charge in [-0.05, 0) is 31.2 Å². The number of aryl methyl sites for hydroxylation is 1. The molecule has 0 atom stereocenters. The van der Waals surface area contributed by atoms with E-state index in [1.54, 1.807) is 12.1 Å². The molecule has 0 aliphatic carbocycles. The summed E-state index contributed by atoms with van der Waals surface area (Å²) in [4.78, 5) is 16.9. The minimum atomic E-state index is -3.46. The van der Waals surface area contributed by atoms with Crippen LogP contribution in [0.2, 0.25) is 0 Å². The van der Waals surface area contributed by atoms with E-state index in [4.69, 9.17) is 0 Å². The fourth-order valence-corrected chi connectivity index (χ4v) is 3.72. The third-order valence-electron chi connectivity index (χ3n) is 4.00. The lowest BCUT2D eigenvalue weighted by Crippen LogP contribution is -2.28. The highest BCUT2D eigenvalue weighted by atomic mass is 32.2. The van der Waals surface area contributed by atoms with Crippen molar-refractivity contribution in [1.82, 2.24) is 14.9 Å². The predicted octanol–water partition coefficient (Wildman–Crippen LogP) is 2.18. The van der Waals surface area contributed by atoms with Gasteiger partial charge in [0.25, 0.3) is 5.91 Å². The zero-order valence-corrected chi connectivity index (χ0v) is 14.9. The van der Waals surface area contributed by atoms with E-state index in [0.717, 1.165) is 23.1 Å². The van der Waals surface area contributed by atoms with E-state index in [1.165, 1.54) is 12.1 Å². The first-order valence-corrected chi connectivity index (χ1v) is 9.76. The highest BCUT2D eigenvalue weighted by molar-refractivity contribution is 7.90. The Kier molecular flexibility index (Phi) is 4.59. The Hall–Kier alpha value is -2.67. The number of hydrogen-bond acceptors (Lipinski definition) is 4. The second-order valence-corrected chi connectivity index (χ2v) is 7.81. The summed E-state index contributed by atoms with van der Waals surface area (Å²) in [6, 6.07) is 14.0. The molecule has 1 amide bonds. The molecular weight excluding hydrogens is 338 g/mol. The molecule has 1 heterocycles. The van der Waals surface area contributed by atoms with Crippen molar-refractivity contribution in [2.75, 3.05) is 12.8 Å². The van der Waals surface area contributed by atoms with Crippen LogP contribution < -0.4 is 5.32 Å². The van der Waals surface area contributed by atoms with Crippen LogP contribution in [0.25, 0.3) is 11.0 Å². The van der Waals surface area contributed by atoms with Crippen molar-refractivity contribution in [3.05, 3.63) is 59.9 Å². The molecule has 25 heavy (non-hydrogen) atoms. The molecule has 0 fully saturated rings. The summed E-state index contributed by atoms with van der Waals surface area (Å²) in [5.41, 5.74) is 2.08. The quantitative estimate of drug-likeness (QED) is 0.759. The van der Waals surface area contributed by atoms with Crippen molar-refractivity contribution in [1.29, 1.82) is 0 Å². The molecule has 0 aliphatic rings. The van der Waals surface area contributed by atoms with Crippen LogP contribution in [0.3, 0.4) is 0 Å². The number of carbonyl (C=O) groups excluding carboxylic acids is 1. The van der Waals surface area contributed by atoms with Gasteiger partial charge in [0.2, 0.25) is 0 Å². The summed E-state index contributed by atoms with van der Waals surface area (Å²) in [7, 11) is -3.46. The SMILES string of the molecule is Cc1nc2ccccc2n1CCNC(=O)c1ccccc1S(C)(=O)=O. The fourth-order valence-electron chi connectivity index (χ4n) is 2.83. The first-order chi connectivity index (χ1) is 11.9. The van der Waals surface area contributed by atoms with Gasteiger partial charge in [-0.25, -0.2) is 13.4 Å². The molecule has 3 aromatic rings. The number of nitrogens with zero attached hydrogens (tertiary/aromatic N) is 2. The summed E-state index contributed by atoms with van der Waals surface area (Å²) in [5.74, 6) is 0.468. The minimum absolute atomic E-state index is 0.0387. The maximum Gasteiger partial charge on any atom is 0.252 e.